The minimum atomic E-state index is -4.36. The van der Waals surface area contributed by atoms with E-state index in [0.717, 1.165) is 45.3 Å². The van der Waals surface area contributed by atoms with Crippen molar-refractivity contribution in [1.82, 2.24) is 9.80 Å². The molecule has 0 spiro atoms. The van der Waals surface area contributed by atoms with Gasteiger partial charge in [-0.25, -0.2) is 0 Å². The van der Waals surface area contributed by atoms with Crippen molar-refractivity contribution >= 4 is 5.91 Å². The third kappa shape index (κ3) is 6.27. The summed E-state index contributed by atoms with van der Waals surface area (Å²) in [6.07, 6.45) is -0.928. The van der Waals surface area contributed by atoms with Gasteiger partial charge in [0.25, 0.3) is 0 Å². The third-order valence-electron chi connectivity index (χ3n) is 4.40. The highest BCUT2D eigenvalue weighted by molar-refractivity contribution is 5.77. The van der Waals surface area contributed by atoms with Gasteiger partial charge in [-0.05, 0) is 25.7 Å². The van der Waals surface area contributed by atoms with Gasteiger partial charge < -0.3 is 19.6 Å². The maximum atomic E-state index is 12.0. The Bertz CT molecular complexity index is 385. The molecule has 1 atom stereocenters. The quantitative estimate of drug-likeness (QED) is 0.796. The van der Waals surface area contributed by atoms with E-state index in [9.17, 15) is 23.1 Å². The van der Waals surface area contributed by atoms with E-state index in [-0.39, 0.29) is 18.6 Å². The zero-order valence-corrected chi connectivity index (χ0v) is 13.2. The number of ether oxygens (including phenoxy) is 1. The average Bonchev–Trinajstić information content (AvgIpc) is 2.47. The molecular weight excluding hydrogens is 313 g/mol. The molecule has 0 aliphatic carbocycles. The molecule has 2 fully saturated rings. The number of piperidine rings is 2. The van der Waals surface area contributed by atoms with Crippen LogP contribution in [0, 0.1) is 0 Å². The lowest BCUT2D eigenvalue weighted by Crippen LogP contribution is -2.50. The molecule has 0 saturated carbocycles. The molecular formula is C15H25F3N2O3. The minimum Gasteiger partial charge on any atom is -0.389 e. The van der Waals surface area contributed by atoms with Crippen molar-refractivity contribution in [3.63, 3.8) is 0 Å². The number of hydrogen-bond acceptors (Lipinski definition) is 4. The van der Waals surface area contributed by atoms with Crippen molar-refractivity contribution in [2.45, 2.75) is 50.4 Å². The number of halogens is 3. The highest BCUT2D eigenvalue weighted by Gasteiger charge is 2.30. The molecule has 2 heterocycles. The number of carbonyl (C=O) groups is 1. The van der Waals surface area contributed by atoms with E-state index in [1.165, 1.54) is 0 Å². The molecule has 2 aliphatic heterocycles. The van der Waals surface area contributed by atoms with Gasteiger partial charge in [-0.3, -0.25) is 4.79 Å². The molecule has 5 nitrogen and oxygen atoms in total. The van der Waals surface area contributed by atoms with Crippen LogP contribution >= 0.6 is 0 Å². The molecule has 0 aromatic carbocycles. The fraction of sp³-hybridized carbons (Fsp3) is 0.933. The summed E-state index contributed by atoms with van der Waals surface area (Å²) in [4.78, 5) is 15.9. The monoisotopic (exact) mass is 338 g/mol. The highest BCUT2D eigenvalue weighted by Crippen LogP contribution is 2.22. The average molecular weight is 338 g/mol. The molecule has 1 unspecified atom stereocenters. The summed E-state index contributed by atoms with van der Waals surface area (Å²) in [5.41, 5.74) is 0. The number of likely N-dealkylation sites (tertiary alicyclic amines) is 2. The zero-order chi connectivity index (χ0) is 16.9. The first-order valence-electron chi connectivity index (χ1n) is 8.19. The standard InChI is InChI=1S/C15H25F3N2O3/c16-15(17,18)11-23-10-13(21)9-19-7-4-12(5-8-19)20-6-2-1-3-14(20)22/h12-13,21H,1-11H2. The van der Waals surface area contributed by atoms with E-state index in [1.807, 2.05) is 9.80 Å². The second-order valence-corrected chi connectivity index (χ2v) is 6.36. The van der Waals surface area contributed by atoms with Crippen molar-refractivity contribution in [2.75, 3.05) is 39.4 Å². The van der Waals surface area contributed by atoms with Crippen LogP contribution < -0.4 is 0 Å². The van der Waals surface area contributed by atoms with Crippen molar-refractivity contribution in [3.8, 4) is 0 Å². The lowest BCUT2D eigenvalue weighted by atomic mass is 9.99. The van der Waals surface area contributed by atoms with Crippen molar-refractivity contribution in [1.29, 1.82) is 0 Å². The number of β-amino-alcohol motifs (C(OH)–C–C–N with tert-alkyl or cyclic N) is 1. The molecule has 134 valence electrons. The number of hydrogen-bond donors (Lipinski definition) is 1. The Morgan fingerprint density at radius 1 is 1.22 bits per heavy atom. The summed E-state index contributed by atoms with van der Waals surface area (Å²) >= 11 is 0. The zero-order valence-electron chi connectivity index (χ0n) is 13.2. The number of aliphatic hydroxyl groups excluding tert-OH is 1. The Labute approximate surface area is 134 Å². The van der Waals surface area contributed by atoms with E-state index in [2.05, 4.69) is 4.74 Å². The number of rotatable bonds is 6. The molecule has 2 rings (SSSR count). The molecule has 0 aromatic rings. The van der Waals surface area contributed by atoms with E-state index < -0.39 is 18.9 Å². The first kappa shape index (κ1) is 18.5. The van der Waals surface area contributed by atoms with Crippen molar-refractivity contribution in [2.24, 2.45) is 0 Å². The summed E-state index contributed by atoms with van der Waals surface area (Å²) in [5.74, 6) is 0.232. The van der Waals surface area contributed by atoms with E-state index in [4.69, 9.17) is 0 Å². The third-order valence-corrected chi connectivity index (χ3v) is 4.40. The first-order valence-corrected chi connectivity index (χ1v) is 8.19. The van der Waals surface area contributed by atoms with Gasteiger partial charge in [-0.15, -0.1) is 0 Å². The predicted octanol–water partition coefficient (Wildman–Crippen LogP) is 1.40. The number of carbonyl (C=O) groups excluding carboxylic acids is 1. The van der Waals surface area contributed by atoms with Crippen molar-refractivity contribution < 1.29 is 27.8 Å². The largest absolute Gasteiger partial charge is 0.411 e. The lowest BCUT2D eigenvalue weighted by molar-refractivity contribution is -0.179. The molecule has 1 amide bonds. The molecule has 23 heavy (non-hydrogen) atoms. The van der Waals surface area contributed by atoms with Crippen LogP contribution in [0.3, 0.4) is 0 Å². The molecule has 0 bridgehead atoms. The fourth-order valence-corrected chi connectivity index (χ4v) is 3.29. The van der Waals surface area contributed by atoms with Gasteiger partial charge in [0.15, 0.2) is 0 Å². The van der Waals surface area contributed by atoms with Gasteiger partial charge in [0.05, 0.1) is 12.7 Å². The topological polar surface area (TPSA) is 53.0 Å². The van der Waals surface area contributed by atoms with Gasteiger partial charge in [-0.2, -0.15) is 13.2 Å². The highest BCUT2D eigenvalue weighted by atomic mass is 19.4. The summed E-state index contributed by atoms with van der Waals surface area (Å²) in [5, 5.41) is 9.76. The summed E-state index contributed by atoms with van der Waals surface area (Å²) in [7, 11) is 0. The predicted molar refractivity (Wildman–Crippen MR) is 77.9 cm³/mol. The van der Waals surface area contributed by atoms with Gasteiger partial charge in [0.2, 0.25) is 5.91 Å². The van der Waals surface area contributed by atoms with Crippen LogP contribution in [-0.4, -0.2) is 78.5 Å². The fourth-order valence-electron chi connectivity index (χ4n) is 3.29. The Hall–Kier alpha value is -0.860. The summed E-state index contributed by atoms with van der Waals surface area (Å²) < 4.78 is 40.4. The van der Waals surface area contributed by atoms with Crippen LogP contribution in [0.2, 0.25) is 0 Å². The van der Waals surface area contributed by atoms with Crippen molar-refractivity contribution in [3.05, 3.63) is 0 Å². The Kier molecular flexibility index (Phi) is 6.67. The molecule has 2 saturated heterocycles. The molecule has 0 radical (unpaired) electrons. The Morgan fingerprint density at radius 2 is 1.91 bits per heavy atom. The molecule has 0 aromatic heterocycles. The van der Waals surface area contributed by atoms with Gasteiger partial charge in [-0.1, -0.05) is 0 Å². The maximum absolute atomic E-state index is 12.0. The van der Waals surface area contributed by atoms with Gasteiger partial charge in [0.1, 0.15) is 6.61 Å². The van der Waals surface area contributed by atoms with Gasteiger partial charge >= 0.3 is 6.18 Å². The smallest absolute Gasteiger partial charge is 0.389 e. The molecule has 1 N–H and O–H groups in total. The van der Waals surface area contributed by atoms with E-state index in [0.29, 0.717) is 13.0 Å². The lowest BCUT2D eigenvalue weighted by Gasteiger charge is -2.40. The van der Waals surface area contributed by atoms with Crippen LogP contribution in [0.5, 0.6) is 0 Å². The van der Waals surface area contributed by atoms with Crippen LogP contribution in [0.1, 0.15) is 32.1 Å². The second kappa shape index (κ2) is 8.30. The van der Waals surface area contributed by atoms with E-state index in [1.54, 1.807) is 0 Å². The van der Waals surface area contributed by atoms with Gasteiger partial charge in [0, 0.05) is 38.6 Å². The van der Waals surface area contributed by atoms with Crippen LogP contribution in [0.15, 0.2) is 0 Å². The number of nitrogens with zero attached hydrogens (tertiary/aromatic N) is 2. The SMILES string of the molecule is O=C1CCCCN1C1CCN(CC(O)COCC(F)(F)F)CC1. The van der Waals surface area contributed by atoms with Crippen LogP contribution in [-0.2, 0) is 9.53 Å². The maximum Gasteiger partial charge on any atom is 0.411 e. The first-order chi connectivity index (χ1) is 10.8. The molecule has 8 heteroatoms. The molecule has 2 aliphatic rings. The Balaban J connectivity index is 1.65. The summed E-state index contributed by atoms with van der Waals surface area (Å²) in [6, 6.07) is 0.262. The van der Waals surface area contributed by atoms with Crippen LogP contribution in [0.25, 0.3) is 0 Å². The normalized spacial score (nSPS) is 23.3. The Morgan fingerprint density at radius 3 is 2.52 bits per heavy atom. The number of aliphatic hydroxyl groups is 1. The second-order valence-electron chi connectivity index (χ2n) is 6.36. The summed E-state index contributed by atoms with van der Waals surface area (Å²) in [6.45, 7) is 0.971. The van der Waals surface area contributed by atoms with E-state index >= 15 is 0 Å². The number of amides is 1. The minimum absolute atomic E-state index is 0.232. The number of alkyl halides is 3. The van der Waals surface area contributed by atoms with Crippen LogP contribution in [0.4, 0.5) is 13.2 Å².